The van der Waals surface area contributed by atoms with Gasteiger partial charge < -0.3 is 5.11 Å². The normalized spacial score (nSPS) is 11.1. The zero-order chi connectivity index (χ0) is 24.8. The molecule has 0 aliphatic heterocycles. The SMILES string of the molecule is C=CCc1cccc(/C=N/NC(=O)CSc2nc3ccccc3c(=O)n2-c2ccc(C)cc2)c1O. The molecule has 0 spiro atoms. The first-order valence-corrected chi connectivity index (χ1v) is 11.9. The third kappa shape index (κ3) is 5.50. The molecule has 0 aliphatic carbocycles. The summed E-state index contributed by atoms with van der Waals surface area (Å²) in [6.07, 6.45) is 3.62. The maximum Gasteiger partial charge on any atom is 0.266 e. The van der Waals surface area contributed by atoms with Crippen molar-refractivity contribution in [3.63, 3.8) is 0 Å². The number of hydrogen-bond donors (Lipinski definition) is 2. The van der Waals surface area contributed by atoms with E-state index in [0.29, 0.717) is 33.7 Å². The van der Waals surface area contributed by atoms with Crippen molar-refractivity contribution in [3.8, 4) is 11.4 Å². The number of allylic oxidation sites excluding steroid dienone is 1. The van der Waals surface area contributed by atoms with E-state index < -0.39 is 0 Å². The second kappa shape index (κ2) is 10.8. The summed E-state index contributed by atoms with van der Waals surface area (Å²) in [5.74, 6) is -0.274. The number of fused-ring (bicyclic) bond motifs is 1. The molecule has 0 fully saturated rings. The van der Waals surface area contributed by atoms with Gasteiger partial charge in [0.2, 0.25) is 0 Å². The van der Waals surface area contributed by atoms with E-state index in [1.165, 1.54) is 10.8 Å². The zero-order valence-electron chi connectivity index (χ0n) is 19.1. The number of phenols is 1. The van der Waals surface area contributed by atoms with Gasteiger partial charge in [0.25, 0.3) is 11.5 Å². The van der Waals surface area contributed by atoms with Crippen LogP contribution in [0.3, 0.4) is 0 Å². The molecule has 1 amide bonds. The Kier molecular flexibility index (Phi) is 7.42. The Bertz CT molecular complexity index is 1480. The van der Waals surface area contributed by atoms with Crippen molar-refractivity contribution in [2.45, 2.75) is 18.5 Å². The van der Waals surface area contributed by atoms with Gasteiger partial charge in [-0.1, -0.05) is 59.8 Å². The third-order valence-electron chi connectivity index (χ3n) is 5.28. The molecule has 4 rings (SSSR count). The van der Waals surface area contributed by atoms with E-state index in [0.717, 1.165) is 22.9 Å². The minimum atomic E-state index is -0.370. The first kappa shape index (κ1) is 24.0. The molecule has 7 nitrogen and oxygen atoms in total. The molecule has 35 heavy (non-hydrogen) atoms. The quantitative estimate of drug-likeness (QED) is 0.127. The van der Waals surface area contributed by atoms with E-state index >= 15 is 0 Å². The molecule has 0 bridgehead atoms. The van der Waals surface area contributed by atoms with Gasteiger partial charge in [-0.3, -0.25) is 14.2 Å². The number of nitrogens with one attached hydrogen (secondary N) is 1. The fraction of sp³-hybridized carbons (Fsp3) is 0.111. The standard InChI is InChI=1S/C27H24N4O3S/c1-3-7-19-8-6-9-20(25(19)33)16-28-30-24(32)17-35-27-29-23-11-5-4-10-22(23)26(34)31(27)21-14-12-18(2)13-15-21/h3-6,8-16,33H,1,7,17H2,2H3,(H,30,32)/b28-16+. The lowest BCUT2D eigenvalue weighted by Crippen LogP contribution is -2.24. The fourth-order valence-electron chi connectivity index (χ4n) is 3.50. The van der Waals surface area contributed by atoms with Crippen LogP contribution < -0.4 is 11.0 Å². The van der Waals surface area contributed by atoms with Crippen LogP contribution in [0.4, 0.5) is 0 Å². The Labute approximate surface area is 206 Å². The summed E-state index contributed by atoms with van der Waals surface area (Å²) in [5, 5.41) is 15.2. The smallest absolute Gasteiger partial charge is 0.266 e. The van der Waals surface area contributed by atoms with E-state index in [9.17, 15) is 14.7 Å². The molecule has 3 aromatic carbocycles. The Morgan fingerprint density at radius 3 is 2.69 bits per heavy atom. The number of hydrazone groups is 1. The number of carbonyl (C=O) groups is 1. The van der Waals surface area contributed by atoms with Gasteiger partial charge in [0, 0.05) is 5.56 Å². The number of rotatable bonds is 8. The summed E-state index contributed by atoms with van der Waals surface area (Å²) in [6, 6.07) is 20.0. The molecule has 0 saturated carbocycles. The van der Waals surface area contributed by atoms with Crippen LogP contribution in [0.25, 0.3) is 16.6 Å². The number of para-hydroxylation sites is 2. The number of carbonyl (C=O) groups excluding carboxylic acids is 1. The summed E-state index contributed by atoms with van der Waals surface area (Å²) in [6.45, 7) is 5.65. The van der Waals surface area contributed by atoms with Gasteiger partial charge in [-0.05, 0) is 49.2 Å². The molecule has 0 atom stereocenters. The fourth-order valence-corrected chi connectivity index (χ4v) is 4.31. The second-order valence-corrected chi connectivity index (χ2v) is 8.76. The predicted octanol–water partition coefficient (Wildman–Crippen LogP) is 4.37. The number of hydrogen-bond acceptors (Lipinski definition) is 6. The number of benzene rings is 3. The van der Waals surface area contributed by atoms with Crippen molar-refractivity contribution in [1.29, 1.82) is 0 Å². The molecule has 176 valence electrons. The Morgan fingerprint density at radius 2 is 1.91 bits per heavy atom. The van der Waals surface area contributed by atoms with Crippen LogP contribution in [0.1, 0.15) is 16.7 Å². The highest BCUT2D eigenvalue weighted by Gasteiger charge is 2.14. The average Bonchev–Trinajstić information content (AvgIpc) is 2.86. The molecule has 0 unspecified atom stereocenters. The van der Waals surface area contributed by atoms with Gasteiger partial charge in [-0.25, -0.2) is 10.4 Å². The highest BCUT2D eigenvalue weighted by Crippen LogP contribution is 2.23. The second-order valence-electron chi connectivity index (χ2n) is 7.82. The molecular weight excluding hydrogens is 460 g/mol. The van der Waals surface area contributed by atoms with Crippen LogP contribution in [0.5, 0.6) is 5.75 Å². The summed E-state index contributed by atoms with van der Waals surface area (Å²) in [4.78, 5) is 30.4. The van der Waals surface area contributed by atoms with Crippen LogP contribution in [-0.4, -0.2) is 32.5 Å². The molecular formula is C27H24N4O3S. The maximum absolute atomic E-state index is 13.3. The van der Waals surface area contributed by atoms with E-state index in [4.69, 9.17) is 0 Å². The van der Waals surface area contributed by atoms with Crippen LogP contribution in [0.15, 0.2) is 94.4 Å². The number of aryl methyl sites for hydroxylation is 1. The molecule has 0 saturated heterocycles. The molecule has 2 N–H and O–H groups in total. The minimum absolute atomic E-state index is 0.00350. The van der Waals surface area contributed by atoms with Crippen LogP contribution in [0, 0.1) is 6.92 Å². The third-order valence-corrected chi connectivity index (χ3v) is 6.22. The Balaban J connectivity index is 1.53. The van der Waals surface area contributed by atoms with Gasteiger partial charge in [0.05, 0.1) is 28.6 Å². The minimum Gasteiger partial charge on any atom is -0.507 e. The molecule has 0 radical (unpaired) electrons. The van der Waals surface area contributed by atoms with E-state index in [-0.39, 0.29) is 23.0 Å². The zero-order valence-corrected chi connectivity index (χ0v) is 20.0. The predicted molar refractivity (Wildman–Crippen MR) is 141 cm³/mol. The summed E-state index contributed by atoms with van der Waals surface area (Å²) in [5.41, 5.74) is 5.79. The van der Waals surface area contributed by atoms with Gasteiger partial charge in [0.1, 0.15) is 5.75 Å². The molecule has 1 aromatic heterocycles. The highest BCUT2D eigenvalue weighted by atomic mass is 32.2. The Morgan fingerprint density at radius 1 is 1.14 bits per heavy atom. The van der Waals surface area contributed by atoms with Crippen LogP contribution in [0.2, 0.25) is 0 Å². The van der Waals surface area contributed by atoms with E-state index in [2.05, 4.69) is 22.1 Å². The number of phenolic OH excluding ortho intramolecular Hbond substituents is 1. The molecule has 4 aromatic rings. The lowest BCUT2D eigenvalue weighted by Gasteiger charge is -2.13. The molecule has 0 aliphatic rings. The summed E-state index contributed by atoms with van der Waals surface area (Å²) < 4.78 is 1.52. The molecule has 8 heteroatoms. The Hall–Kier alpha value is -4.17. The van der Waals surface area contributed by atoms with Crippen LogP contribution in [-0.2, 0) is 11.2 Å². The number of thioether (sulfide) groups is 1. The van der Waals surface area contributed by atoms with Gasteiger partial charge >= 0.3 is 0 Å². The largest absolute Gasteiger partial charge is 0.507 e. The highest BCUT2D eigenvalue weighted by molar-refractivity contribution is 7.99. The van der Waals surface area contributed by atoms with Crippen molar-refractivity contribution in [3.05, 3.63) is 106 Å². The molecule has 1 heterocycles. The summed E-state index contributed by atoms with van der Waals surface area (Å²) in [7, 11) is 0. The lowest BCUT2D eigenvalue weighted by molar-refractivity contribution is -0.118. The topological polar surface area (TPSA) is 96.6 Å². The van der Waals surface area contributed by atoms with Crippen LogP contribution >= 0.6 is 11.8 Å². The van der Waals surface area contributed by atoms with Crippen molar-refractivity contribution >= 4 is 34.8 Å². The number of aromatic hydroxyl groups is 1. The van der Waals surface area contributed by atoms with Gasteiger partial charge in [0.15, 0.2) is 5.16 Å². The van der Waals surface area contributed by atoms with Crippen molar-refractivity contribution < 1.29 is 9.90 Å². The first-order chi connectivity index (χ1) is 17.0. The van der Waals surface area contributed by atoms with E-state index in [1.807, 2.05) is 37.3 Å². The summed E-state index contributed by atoms with van der Waals surface area (Å²) >= 11 is 1.15. The van der Waals surface area contributed by atoms with Gasteiger partial charge in [-0.2, -0.15) is 5.10 Å². The van der Waals surface area contributed by atoms with Gasteiger partial charge in [-0.15, -0.1) is 6.58 Å². The van der Waals surface area contributed by atoms with Crippen molar-refractivity contribution in [1.82, 2.24) is 15.0 Å². The lowest BCUT2D eigenvalue weighted by atomic mass is 10.1. The first-order valence-electron chi connectivity index (χ1n) is 10.9. The number of aromatic nitrogens is 2. The monoisotopic (exact) mass is 484 g/mol. The van der Waals surface area contributed by atoms with Crippen molar-refractivity contribution in [2.24, 2.45) is 5.10 Å². The maximum atomic E-state index is 13.3. The average molecular weight is 485 g/mol. The number of nitrogens with zero attached hydrogens (tertiary/aromatic N) is 3. The van der Waals surface area contributed by atoms with Crippen molar-refractivity contribution in [2.75, 3.05) is 5.75 Å². The number of amides is 1. The van der Waals surface area contributed by atoms with E-state index in [1.54, 1.807) is 42.5 Å².